The summed E-state index contributed by atoms with van der Waals surface area (Å²) in [7, 11) is -4.20. The minimum absolute atomic E-state index is 0.00107. The number of nitrogens with zero attached hydrogens (tertiary/aromatic N) is 2. The molecule has 0 aliphatic carbocycles. The van der Waals surface area contributed by atoms with Crippen LogP contribution in [0.1, 0.15) is 32.3 Å². The molecule has 2 amide bonds. The maximum atomic E-state index is 13.9. The third kappa shape index (κ3) is 7.28. The molecule has 0 saturated carbocycles. The quantitative estimate of drug-likeness (QED) is 0.308. The number of carbonyl (C=O) groups excluding carboxylic acids is 2. The molecule has 10 heteroatoms. The summed E-state index contributed by atoms with van der Waals surface area (Å²) >= 11 is 12.5. The molecule has 3 aromatic carbocycles. The third-order valence-corrected chi connectivity index (χ3v) is 8.23. The molecule has 3 rings (SSSR count). The fraction of sp³-hybridized carbons (Fsp3) is 0.286. The Bertz CT molecular complexity index is 1340. The molecule has 0 aliphatic heterocycles. The zero-order chi connectivity index (χ0) is 27.7. The maximum Gasteiger partial charge on any atom is 0.264 e. The highest BCUT2D eigenvalue weighted by Crippen LogP contribution is 2.33. The fourth-order valence-electron chi connectivity index (χ4n) is 3.98. The van der Waals surface area contributed by atoms with Crippen molar-refractivity contribution in [1.29, 1.82) is 0 Å². The van der Waals surface area contributed by atoms with E-state index >= 15 is 0 Å². The molecule has 7 nitrogen and oxygen atoms in total. The molecule has 0 heterocycles. The van der Waals surface area contributed by atoms with Crippen molar-refractivity contribution in [3.8, 4) is 0 Å². The van der Waals surface area contributed by atoms with Crippen LogP contribution >= 0.6 is 23.2 Å². The van der Waals surface area contributed by atoms with Crippen molar-refractivity contribution in [2.24, 2.45) is 0 Å². The number of anilines is 1. The van der Waals surface area contributed by atoms with Crippen LogP contribution in [-0.4, -0.2) is 44.3 Å². The Morgan fingerprint density at radius 1 is 0.921 bits per heavy atom. The predicted octanol–water partition coefficient (Wildman–Crippen LogP) is 5.52. The minimum atomic E-state index is -4.20. The second-order valence-electron chi connectivity index (χ2n) is 8.64. The number of benzene rings is 3. The SMILES string of the molecule is CCCNC(=O)[C@@H](CC)N(Cc1ccccc1)C(=O)CN(c1ccc(Cl)cc1Cl)S(=O)(=O)c1ccccc1. The third-order valence-electron chi connectivity index (χ3n) is 5.92. The number of carbonyl (C=O) groups is 2. The van der Waals surface area contributed by atoms with Gasteiger partial charge in [-0.05, 0) is 48.7 Å². The summed E-state index contributed by atoms with van der Waals surface area (Å²) in [5.74, 6) is -0.835. The lowest BCUT2D eigenvalue weighted by Crippen LogP contribution is -2.52. The van der Waals surface area contributed by atoms with Gasteiger partial charge in [-0.3, -0.25) is 13.9 Å². The Morgan fingerprint density at radius 3 is 2.13 bits per heavy atom. The summed E-state index contributed by atoms with van der Waals surface area (Å²) < 4.78 is 28.5. The second kappa shape index (κ2) is 13.6. The summed E-state index contributed by atoms with van der Waals surface area (Å²) in [5, 5.41) is 3.26. The van der Waals surface area contributed by atoms with Crippen molar-refractivity contribution in [3.63, 3.8) is 0 Å². The first-order chi connectivity index (χ1) is 18.2. The standard InChI is InChI=1S/C28H31Cl2N3O4S/c1-3-17-31-28(35)25(4-2)32(19-21-11-7-5-8-12-21)27(34)20-33(26-16-15-22(29)18-24(26)30)38(36,37)23-13-9-6-10-14-23/h5-16,18,25H,3-4,17,19-20H2,1-2H3,(H,31,35)/t25-/m1/s1. The molecule has 0 fully saturated rings. The van der Waals surface area contributed by atoms with Gasteiger partial charge in [-0.1, -0.05) is 85.6 Å². The molecule has 0 aliphatic rings. The van der Waals surface area contributed by atoms with Gasteiger partial charge < -0.3 is 10.2 Å². The first-order valence-corrected chi connectivity index (χ1v) is 14.5. The van der Waals surface area contributed by atoms with Crippen LogP contribution in [0, 0.1) is 0 Å². The van der Waals surface area contributed by atoms with Gasteiger partial charge in [0.15, 0.2) is 0 Å². The molecule has 202 valence electrons. The topological polar surface area (TPSA) is 86.8 Å². The molecule has 0 unspecified atom stereocenters. The van der Waals surface area contributed by atoms with Crippen LogP contribution in [0.4, 0.5) is 5.69 Å². The monoisotopic (exact) mass is 575 g/mol. The maximum absolute atomic E-state index is 13.9. The number of hydrogen-bond acceptors (Lipinski definition) is 4. The molecule has 0 spiro atoms. The highest BCUT2D eigenvalue weighted by molar-refractivity contribution is 7.92. The second-order valence-corrected chi connectivity index (χ2v) is 11.3. The Hall–Kier alpha value is -3.07. The zero-order valence-electron chi connectivity index (χ0n) is 21.3. The number of amides is 2. The van der Waals surface area contributed by atoms with E-state index in [4.69, 9.17) is 23.2 Å². The van der Waals surface area contributed by atoms with E-state index < -0.39 is 28.5 Å². The van der Waals surface area contributed by atoms with Crippen LogP contribution in [0.5, 0.6) is 0 Å². The number of hydrogen-bond donors (Lipinski definition) is 1. The van der Waals surface area contributed by atoms with E-state index in [0.29, 0.717) is 18.0 Å². The molecule has 0 aromatic heterocycles. The lowest BCUT2D eigenvalue weighted by atomic mass is 10.1. The number of sulfonamides is 1. The molecule has 0 radical (unpaired) electrons. The van der Waals surface area contributed by atoms with E-state index in [-0.39, 0.29) is 28.1 Å². The molecular weight excluding hydrogens is 545 g/mol. The van der Waals surface area contributed by atoms with Crippen molar-refractivity contribution in [2.75, 3.05) is 17.4 Å². The minimum Gasteiger partial charge on any atom is -0.354 e. The summed E-state index contributed by atoms with van der Waals surface area (Å²) in [6.07, 6.45) is 1.09. The largest absolute Gasteiger partial charge is 0.354 e. The van der Waals surface area contributed by atoms with Gasteiger partial charge in [0.25, 0.3) is 10.0 Å². The van der Waals surface area contributed by atoms with E-state index in [0.717, 1.165) is 16.3 Å². The van der Waals surface area contributed by atoms with Crippen LogP contribution < -0.4 is 9.62 Å². The highest BCUT2D eigenvalue weighted by Gasteiger charge is 2.34. The summed E-state index contributed by atoms with van der Waals surface area (Å²) in [5.41, 5.74) is 0.918. The average molecular weight is 577 g/mol. The molecule has 3 aromatic rings. The zero-order valence-corrected chi connectivity index (χ0v) is 23.6. The summed E-state index contributed by atoms with van der Waals surface area (Å²) in [4.78, 5) is 28.4. The van der Waals surface area contributed by atoms with Gasteiger partial charge in [-0.2, -0.15) is 0 Å². The van der Waals surface area contributed by atoms with Gasteiger partial charge in [-0.15, -0.1) is 0 Å². The first-order valence-electron chi connectivity index (χ1n) is 12.3. The van der Waals surface area contributed by atoms with Crippen molar-refractivity contribution in [1.82, 2.24) is 10.2 Å². The number of nitrogens with one attached hydrogen (secondary N) is 1. The Morgan fingerprint density at radius 2 is 1.55 bits per heavy atom. The predicted molar refractivity (Wildman–Crippen MR) is 152 cm³/mol. The van der Waals surface area contributed by atoms with Crippen LogP contribution in [0.2, 0.25) is 10.0 Å². The number of halogens is 2. The normalized spacial score (nSPS) is 12.0. The van der Waals surface area contributed by atoms with Crippen molar-refractivity contribution < 1.29 is 18.0 Å². The smallest absolute Gasteiger partial charge is 0.264 e. The van der Waals surface area contributed by atoms with Gasteiger partial charge in [0.05, 0.1) is 15.6 Å². The van der Waals surface area contributed by atoms with E-state index in [1.165, 1.54) is 35.2 Å². The Balaban J connectivity index is 2.06. The van der Waals surface area contributed by atoms with Crippen molar-refractivity contribution in [2.45, 2.75) is 44.2 Å². The lowest BCUT2D eigenvalue weighted by molar-refractivity contribution is -0.140. The average Bonchev–Trinajstić information content (AvgIpc) is 2.91. The lowest BCUT2D eigenvalue weighted by Gasteiger charge is -2.33. The molecule has 0 bridgehead atoms. The van der Waals surface area contributed by atoms with E-state index in [1.54, 1.807) is 18.2 Å². The summed E-state index contributed by atoms with van der Waals surface area (Å²) in [6.45, 7) is 3.79. The van der Waals surface area contributed by atoms with Gasteiger partial charge in [0.2, 0.25) is 11.8 Å². The summed E-state index contributed by atoms with van der Waals surface area (Å²) in [6, 6.07) is 20.7. The van der Waals surface area contributed by atoms with Gasteiger partial charge in [-0.25, -0.2) is 8.42 Å². The van der Waals surface area contributed by atoms with Gasteiger partial charge in [0.1, 0.15) is 12.6 Å². The van der Waals surface area contributed by atoms with Crippen molar-refractivity contribution in [3.05, 3.63) is 94.5 Å². The Kier molecular flexibility index (Phi) is 10.6. The van der Waals surface area contributed by atoms with Gasteiger partial charge >= 0.3 is 0 Å². The fourth-order valence-corrected chi connectivity index (χ4v) is 6.00. The number of rotatable bonds is 12. The molecule has 0 saturated heterocycles. The van der Waals surface area contributed by atoms with E-state index in [1.807, 2.05) is 44.2 Å². The molecule has 1 atom stereocenters. The van der Waals surface area contributed by atoms with E-state index in [9.17, 15) is 18.0 Å². The Labute approximate surface area is 234 Å². The van der Waals surface area contributed by atoms with Gasteiger partial charge in [0, 0.05) is 18.1 Å². The van der Waals surface area contributed by atoms with Crippen molar-refractivity contribution >= 4 is 50.7 Å². The van der Waals surface area contributed by atoms with Crippen LogP contribution in [0.15, 0.2) is 83.8 Å². The van der Waals surface area contributed by atoms with Crippen LogP contribution in [0.25, 0.3) is 0 Å². The molecule has 38 heavy (non-hydrogen) atoms. The molecule has 1 N–H and O–H groups in total. The van der Waals surface area contributed by atoms with E-state index in [2.05, 4.69) is 5.32 Å². The highest BCUT2D eigenvalue weighted by atomic mass is 35.5. The van der Waals surface area contributed by atoms with Crippen LogP contribution in [0.3, 0.4) is 0 Å². The van der Waals surface area contributed by atoms with Crippen LogP contribution in [-0.2, 0) is 26.2 Å². The molecular formula is C28H31Cl2N3O4S. The first kappa shape index (κ1) is 29.5.